The van der Waals surface area contributed by atoms with E-state index in [1.807, 2.05) is 0 Å². The molecule has 66 valence electrons. The van der Waals surface area contributed by atoms with Crippen molar-refractivity contribution in [1.29, 1.82) is 0 Å². The molecule has 13 heavy (non-hydrogen) atoms. The van der Waals surface area contributed by atoms with E-state index < -0.39 is 0 Å². The van der Waals surface area contributed by atoms with Gasteiger partial charge in [-0.05, 0) is 6.07 Å². The van der Waals surface area contributed by atoms with Gasteiger partial charge in [-0.3, -0.25) is 0 Å². The number of benzene rings is 1. The molecule has 4 heteroatoms. The van der Waals surface area contributed by atoms with Gasteiger partial charge in [0, 0.05) is 10.8 Å². The second-order valence-corrected chi connectivity index (χ2v) is 2.76. The molecule has 0 atom stereocenters. The second kappa shape index (κ2) is 2.58. The molecule has 1 aromatic carbocycles. The maximum Gasteiger partial charge on any atom is 0.133 e. The molecule has 0 unspecified atom stereocenters. The fraction of sp³-hybridized carbons (Fsp3) is 0. The van der Waals surface area contributed by atoms with E-state index >= 15 is 0 Å². The van der Waals surface area contributed by atoms with Crippen molar-refractivity contribution in [3.05, 3.63) is 30.2 Å². The molecule has 2 aromatic rings. The quantitative estimate of drug-likeness (QED) is 0.641. The Bertz CT molecular complexity index is 459. The normalized spacial score (nSPS) is 10.5. The molecular weight excluding hydrogens is 169 g/mol. The highest BCUT2D eigenvalue weighted by molar-refractivity contribution is 5.98. The van der Waals surface area contributed by atoms with Crippen molar-refractivity contribution in [2.45, 2.75) is 0 Å². The summed E-state index contributed by atoms with van der Waals surface area (Å²) in [7, 11) is 0. The second-order valence-electron chi connectivity index (χ2n) is 2.76. The van der Waals surface area contributed by atoms with Crippen LogP contribution in [0.5, 0.6) is 0 Å². The number of pyridine rings is 1. The molecular formula is C9H8FN3. The van der Waals surface area contributed by atoms with Crippen molar-refractivity contribution in [1.82, 2.24) is 4.98 Å². The summed E-state index contributed by atoms with van der Waals surface area (Å²) in [4.78, 5) is 3.83. The third-order valence-corrected chi connectivity index (χ3v) is 1.92. The lowest BCUT2D eigenvalue weighted by atomic mass is 10.1. The standard InChI is InChI=1S/C9H8FN3/c10-6-3-1-2-5-8(6)7(11)4-13-9(5)12/h1-4H,11H2,(H2,12,13). The summed E-state index contributed by atoms with van der Waals surface area (Å²) < 4.78 is 13.3. The molecule has 0 aliphatic heterocycles. The Morgan fingerprint density at radius 1 is 1.23 bits per heavy atom. The van der Waals surface area contributed by atoms with Crippen LogP contribution in [0.3, 0.4) is 0 Å². The average Bonchev–Trinajstić information content (AvgIpc) is 2.12. The van der Waals surface area contributed by atoms with Crippen LogP contribution in [-0.4, -0.2) is 4.98 Å². The molecule has 0 radical (unpaired) electrons. The van der Waals surface area contributed by atoms with E-state index in [2.05, 4.69) is 4.98 Å². The van der Waals surface area contributed by atoms with Crippen LogP contribution >= 0.6 is 0 Å². The van der Waals surface area contributed by atoms with Gasteiger partial charge in [-0.25, -0.2) is 9.37 Å². The molecule has 0 spiro atoms. The molecule has 0 fully saturated rings. The Morgan fingerprint density at radius 2 is 2.00 bits per heavy atom. The molecule has 0 saturated heterocycles. The summed E-state index contributed by atoms with van der Waals surface area (Å²) in [5, 5.41) is 0.898. The van der Waals surface area contributed by atoms with Gasteiger partial charge in [0.2, 0.25) is 0 Å². The van der Waals surface area contributed by atoms with Gasteiger partial charge in [0.15, 0.2) is 0 Å². The topological polar surface area (TPSA) is 64.9 Å². The largest absolute Gasteiger partial charge is 0.397 e. The first kappa shape index (κ1) is 7.79. The minimum absolute atomic E-state index is 0.295. The van der Waals surface area contributed by atoms with E-state index in [1.54, 1.807) is 12.1 Å². The molecule has 1 aromatic heterocycles. The Balaban J connectivity index is 3.00. The van der Waals surface area contributed by atoms with Gasteiger partial charge in [0.1, 0.15) is 11.6 Å². The smallest absolute Gasteiger partial charge is 0.133 e. The Hall–Kier alpha value is -1.84. The van der Waals surface area contributed by atoms with Crippen molar-refractivity contribution < 1.29 is 4.39 Å². The van der Waals surface area contributed by atoms with E-state index in [1.165, 1.54) is 12.3 Å². The van der Waals surface area contributed by atoms with Crippen molar-refractivity contribution in [2.24, 2.45) is 0 Å². The monoisotopic (exact) mass is 177 g/mol. The number of nitrogen functional groups attached to an aromatic ring is 2. The zero-order valence-electron chi connectivity index (χ0n) is 6.79. The summed E-state index contributed by atoms with van der Waals surface area (Å²) in [6.45, 7) is 0. The third-order valence-electron chi connectivity index (χ3n) is 1.92. The molecule has 0 amide bonds. The van der Waals surface area contributed by atoms with Gasteiger partial charge in [0.05, 0.1) is 11.9 Å². The fourth-order valence-electron chi connectivity index (χ4n) is 1.30. The van der Waals surface area contributed by atoms with Gasteiger partial charge in [0.25, 0.3) is 0 Å². The lowest BCUT2D eigenvalue weighted by Gasteiger charge is -2.04. The fourth-order valence-corrected chi connectivity index (χ4v) is 1.30. The maximum atomic E-state index is 13.3. The van der Waals surface area contributed by atoms with Crippen LogP contribution in [0, 0.1) is 5.82 Å². The molecule has 0 bridgehead atoms. The zero-order valence-corrected chi connectivity index (χ0v) is 6.79. The summed E-state index contributed by atoms with van der Waals surface area (Å²) in [5.41, 5.74) is 11.4. The Kier molecular flexibility index (Phi) is 1.55. The van der Waals surface area contributed by atoms with Crippen LogP contribution in [0.15, 0.2) is 24.4 Å². The minimum Gasteiger partial charge on any atom is -0.397 e. The molecule has 0 saturated carbocycles. The van der Waals surface area contributed by atoms with Crippen molar-refractivity contribution in [3.8, 4) is 0 Å². The van der Waals surface area contributed by atoms with Gasteiger partial charge >= 0.3 is 0 Å². The van der Waals surface area contributed by atoms with Crippen molar-refractivity contribution in [2.75, 3.05) is 11.5 Å². The number of nitrogens with two attached hydrogens (primary N) is 2. The van der Waals surface area contributed by atoms with Crippen molar-refractivity contribution >= 4 is 22.3 Å². The summed E-state index contributed by atoms with van der Waals surface area (Å²) in [6, 6.07) is 4.62. The minimum atomic E-state index is -0.371. The highest BCUT2D eigenvalue weighted by atomic mass is 19.1. The summed E-state index contributed by atoms with van der Waals surface area (Å²) in [5.74, 6) is -0.0761. The van der Waals surface area contributed by atoms with Crippen LogP contribution in [0.2, 0.25) is 0 Å². The summed E-state index contributed by atoms with van der Waals surface area (Å²) in [6.07, 6.45) is 1.36. The number of rotatable bonds is 0. The number of aromatic nitrogens is 1. The number of hydrogen-bond acceptors (Lipinski definition) is 3. The average molecular weight is 177 g/mol. The van der Waals surface area contributed by atoms with Crippen LogP contribution in [0.4, 0.5) is 15.9 Å². The first-order valence-corrected chi connectivity index (χ1v) is 3.78. The molecule has 2 rings (SSSR count). The van der Waals surface area contributed by atoms with E-state index in [9.17, 15) is 4.39 Å². The number of fused-ring (bicyclic) bond motifs is 1. The van der Waals surface area contributed by atoms with Crippen LogP contribution in [0.1, 0.15) is 0 Å². The van der Waals surface area contributed by atoms with Crippen molar-refractivity contribution in [3.63, 3.8) is 0 Å². The molecule has 3 nitrogen and oxygen atoms in total. The van der Waals surface area contributed by atoms with Crippen LogP contribution < -0.4 is 11.5 Å². The first-order chi connectivity index (χ1) is 6.20. The lowest BCUT2D eigenvalue weighted by Crippen LogP contribution is -1.97. The van der Waals surface area contributed by atoms with Crippen LogP contribution in [0.25, 0.3) is 10.8 Å². The Morgan fingerprint density at radius 3 is 2.69 bits per heavy atom. The van der Waals surface area contributed by atoms with Gasteiger partial charge in [-0.2, -0.15) is 0 Å². The van der Waals surface area contributed by atoms with E-state index in [-0.39, 0.29) is 5.82 Å². The molecule has 4 N–H and O–H groups in total. The van der Waals surface area contributed by atoms with Gasteiger partial charge in [-0.15, -0.1) is 0 Å². The lowest BCUT2D eigenvalue weighted by molar-refractivity contribution is 0.640. The highest BCUT2D eigenvalue weighted by Crippen LogP contribution is 2.26. The molecule has 0 aliphatic carbocycles. The van der Waals surface area contributed by atoms with E-state index in [0.717, 1.165) is 0 Å². The number of anilines is 2. The van der Waals surface area contributed by atoms with Gasteiger partial charge < -0.3 is 11.5 Å². The molecule has 0 aliphatic rings. The SMILES string of the molecule is Nc1ncc(N)c2c(F)cccc12. The number of hydrogen-bond donors (Lipinski definition) is 2. The first-order valence-electron chi connectivity index (χ1n) is 3.78. The predicted molar refractivity (Wildman–Crippen MR) is 50.5 cm³/mol. The van der Waals surface area contributed by atoms with Gasteiger partial charge in [-0.1, -0.05) is 12.1 Å². The summed E-state index contributed by atoms with van der Waals surface area (Å²) >= 11 is 0. The third kappa shape index (κ3) is 1.07. The predicted octanol–water partition coefficient (Wildman–Crippen LogP) is 1.54. The van der Waals surface area contributed by atoms with E-state index in [0.29, 0.717) is 22.3 Å². The molecule has 1 heterocycles. The maximum absolute atomic E-state index is 13.3. The number of halogens is 1. The highest BCUT2D eigenvalue weighted by Gasteiger charge is 2.06. The number of nitrogens with zero attached hydrogens (tertiary/aromatic N) is 1. The zero-order chi connectivity index (χ0) is 9.42. The van der Waals surface area contributed by atoms with Crippen LogP contribution in [-0.2, 0) is 0 Å². The van der Waals surface area contributed by atoms with E-state index in [4.69, 9.17) is 11.5 Å². The Labute approximate surface area is 74.2 Å².